The molecule has 0 aliphatic rings. The van der Waals surface area contributed by atoms with E-state index in [-0.39, 0.29) is 0 Å². The van der Waals surface area contributed by atoms with Crippen molar-refractivity contribution in [3.63, 3.8) is 0 Å². The number of methoxy groups -OCH3 is 1. The molecule has 0 fully saturated rings. The Morgan fingerprint density at radius 3 is 2.16 bits per heavy atom. The summed E-state index contributed by atoms with van der Waals surface area (Å²) in [5.41, 5.74) is 2.00. The molecule has 0 aromatic carbocycles. The third kappa shape index (κ3) is 3.50. The van der Waals surface area contributed by atoms with Crippen LogP contribution in [0.1, 0.15) is 43.5 Å². The highest BCUT2D eigenvalue weighted by atomic mass is 16.5. The lowest BCUT2D eigenvalue weighted by molar-refractivity contribution is -0.141. The van der Waals surface area contributed by atoms with Gasteiger partial charge in [-0.2, -0.15) is 0 Å². The normalized spacial score (nSPS) is 13.4. The largest absolute Gasteiger partial charge is 0.481 e. The van der Waals surface area contributed by atoms with E-state index < -0.39 is 17.5 Å². The quantitative estimate of drug-likeness (QED) is 0.884. The molecule has 1 heterocycles. The van der Waals surface area contributed by atoms with Crippen molar-refractivity contribution >= 4 is 5.97 Å². The molecule has 19 heavy (non-hydrogen) atoms. The van der Waals surface area contributed by atoms with Gasteiger partial charge in [0, 0.05) is 18.5 Å². The third-order valence-electron chi connectivity index (χ3n) is 3.40. The van der Waals surface area contributed by atoms with Gasteiger partial charge in [-0.15, -0.1) is 0 Å². The average Bonchev–Trinajstić information content (AvgIpc) is 2.32. The van der Waals surface area contributed by atoms with Gasteiger partial charge in [-0.1, -0.05) is 6.92 Å². The van der Waals surface area contributed by atoms with Gasteiger partial charge in [-0.3, -0.25) is 4.79 Å². The lowest BCUT2D eigenvalue weighted by atomic mass is 9.98. The van der Waals surface area contributed by atoms with Crippen LogP contribution in [0.2, 0.25) is 0 Å². The Balaban J connectivity index is 3.15. The number of ether oxygens (including phenoxy) is 1. The fourth-order valence-electron chi connectivity index (χ4n) is 1.79. The fraction of sp³-hybridized carbons (Fsp3) is 0.643. The molecule has 1 atom stereocenters. The summed E-state index contributed by atoms with van der Waals surface area (Å²) >= 11 is 0. The Morgan fingerprint density at radius 1 is 1.32 bits per heavy atom. The van der Waals surface area contributed by atoms with Gasteiger partial charge in [0.1, 0.15) is 5.60 Å². The Hall–Kier alpha value is -1.49. The van der Waals surface area contributed by atoms with Gasteiger partial charge in [0.15, 0.2) is 5.82 Å². The molecule has 0 amide bonds. The van der Waals surface area contributed by atoms with E-state index in [1.165, 1.54) is 0 Å². The molecule has 0 aliphatic heterocycles. The molecule has 5 heteroatoms. The molecule has 1 rings (SSSR count). The average molecular weight is 266 g/mol. The van der Waals surface area contributed by atoms with Crippen molar-refractivity contribution in [2.45, 2.75) is 46.6 Å². The number of carboxylic acids is 1. The fourth-order valence-corrected chi connectivity index (χ4v) is 1.79. The van der Waals surface area contributed by atoms with Gasteiger partial charge in [-0.25, -0.2) is 9.97 Å². The topological polar surface area (TPSA) is 72.3 Å². The molecule has 0 saturated heterocycles. The Kier molecular flexibility index (Phi) is 4.63. The van der Waals surface area contributed by atoms with Gasteiger partial charge >= 0.3 is 5.97 Å². The summed E-state index contributed by atoms with van der Waals surface area (Å²) < 4.78 is 5.37. The van der Waals surface area contributed by atoms with Gasteiger partial charge in [0.25, 0.3) is 0 Å². The molecule has 0 radical (unpaired) electrons. The van der Waals surface area contributed by atoms with Crippen LogP contribution < -0.4 is 0 Å². The highest BCUT2D eigenvalue weighted by Crippen LogP contribution is 2.23. The Morgan fingerprint density at radius 2 is 1.79 bits per heavy atom. The van der Waals surface area contributed by atoms with E-state index in [1.54, 1.807) is 14.0 Å². The maximum atomic E-state index is 10.9. The number of nitrogens with zero attached hydrogens (tertiary/aromatic N) is 2. The third-order valence-corrected chi connectivity index (χ3v) is 3.40. The van der Waals surface area contributed by atoms with Crippen LogP contribution >= 0.6 is 0 Å². The number of aryl methyl sites for hydroxylation is 2. The summed E-state index contributed by atoms with van der Waals surface area (Å²) in [7, 11) is 1.62. The number of hydrogen-bond donors (Lipinski definition) is 1. The molecule has 1 aromatic heterocycles. The van der Waals surface area contributed by atoms with Crippen LogP contribution in [0.3, 0.4) is 0 Å². The molecular formula is C14H22N2O3. The van der Waals surface area contributed by atoms with Gasteiger partial charge in [-0.05, 0) is 39.7 Å². The van der Waals surface area contributed by atoms with E-state index >= 15 is 0 Å². The zero-order valence-electron chi connectivity index (χ0n) is 12.4. The van der Waals surface area contributed by atoms with Crippen LogP contribution in [-0.2, 0) is 21.6 Å². The molecule has 0 aliphatic carbocycles. The van der Waals surface area contributed by atoms with Crippen LogP contribution in [0.4, 0.5) is 0 Å². The summed E-state index contributed by atoms with van der Waals surface area (Å²) in [4.78, 5) is 19.9. The number of aromatic nitrogens is 2. The Labute approximate surface area is 114 Å². The molecule has 5 nitrogen and oxygen atoms in total. The lowest BCUT2D eigenvalue weighted by Gasteiger charge is -2.23. The van der Waals surface area contributed by atoms with Crippen molar-refractivity contribution in [3.05, 3.63) is 22.8 Å². The predicted molar refractivity (Wildman–Crippen MR) is 72.0 cm³/mol. The van der Waals surface area contributed by atoms with E-state index in [9.17, 15) is 4.79 Å². The van der Waals surface area contributed by atoms with E-state index in [4.69, 9.17) is 9.84 Å². The van der Waals surface area contributed by atoms with Crippen molar-refractivity contribution in [2.24, 2.45) is 5.92 Å². The molecule has 0 bridgehead atoms. The van der Waals surface area contributed by atoms with Crippen molar-refractivity contribution in [1.82, 2.24) is 9.97 Å². The van der Waals surface area contributed by atoms with Gasteiger partial charge in [0.2, 0.25) is 0 Å². The van der Waals surface area contributed by atoms with E-state index in [0.29, 0.717) is 12.2 Å². The Bertz CT molecular complexity index is 461. The number of hydrogen-bond acceptors (Lipinski definition) is 4. The first-order chi connectivity index (χ1) is 8.69. The van der Waals surface area contributed by atoms with Crippen molar-refractivity contribution in [2.75, 3.05) is 7.11 Å². The molecule has 1 aromatic rings. The van der Waals surface area contributed by atoms with E-state index in [0.717, 1.165) is 17.0 Å². The molecule has 1 N–H and O–H groups in total. The second kappa shape index (κ2) is 5.65. The van der Waals surface area contributed by atoms with Crippen molar-refractivity contribution < 1.29 is 14.6 Å². The van der Waals surface area contributed by atoms with E-state index in [2.05, 4.69) is 9.97 Å². The van der Waals surface area contributed by atoms with Crippen LogP contribution in [0.25, 0.3) is 0 Å². The van der Waals surface area contributed by atoms with Gasteiger partial charge in [0.05, 0.1) is 5.92 Å². The van der Waals surface area contributed by atoms with Crippen molar-refractivity contribution in [3.8, 4) is 0 Å². The predicted octanol–water partition coefficient (Wildman–Crippen LogP) is 2.24. The second-order valence-electron chi connectivity index (χ2n) is 5.35. The van der Waals surface area contributed by atoms with Gasteiger partial charge < -0.3 is 9.84 Å². The summed E-state index contributed by atoms with van der Waals surface area (Å²) in [6.07, 6.45) is 0.445. The summed E-state index contributed by atoms with van der Waals surface area (Å²) in [5.74, 6) is -0.626. The highest BCUT2D eigenvalue weighted by Gasteiger charge is 2.25. The minimum Gasteiger partial charge on any atom is -0.481 e. The van der Waals surface area contributed by atoms with Crippen LogP contribution in [-0.4, -0.2) is 28.2 Å². The van der Waals surface area contributed by atoms with Crippen LogP contribution in [0, 0.1) is 19.8 Å². The number of rotatable bonds is 5. The zero-order chi connectivity index (χ0) is 14.8. The standard InChI is InChI=1S/C14H22N2O3/c1-8(12(17)18)7-11-9(2)15-13(16-10(11)3)14(4,5)19-6/h8H,7H2,1-6H3,(H,17,18). The van der Waals surface area contributed by atoms with Crippen LogP contribution in [0.15, 0.2) is 0 Å². The summed E-state index contributed by atoms with van der Waals surface area (Å²) in [6.45, 7) is 9.26. The highest BCUT2D eigenvalue weighted by molar-refractivity contribution is 5.70. The van der Waals surface area contributed by atoms with Crippen molar-refractivity contribution in [1.29, 1.82) is 0 Å². The smallest absolute Gasteiger partial charge is 0.306 e. The monoisotopic (exact) mass is 266 g/mol. The first-order valence-electron chi connectivity index (χ1n) is 6.31. The number of carboxylic acid groups (broad SMARTS) is 1. The molecule has 1 unspecified atom stereocenters. The minimum atomic E-state index is -0.805. The maximum absolute atomic E-state index is 10.9. The maximum Gasteiger partial charge on any atom is 0.306 e. The first-order valence-corrected chi connectivity index (χ1v) is 6.31. The van der Waals surface area contributed by atoms with E-state index in [1.807, 2.05) is 27.7 Å². The van der Waals surface area contributed by atoms with Crippen LogP contribution in [0.5, 0.6) is 0 Å². The second-order valence-corrected chi connectivity index (χ2v) is 5.35. The minimum absolute atomic E-state index is 0.442. The molecular weight excluding hydrogens is 244 g/mol. The molecule has 0 spiro atoms. The molecule has 106 valence electrons. The summed E-state index contributed by atoms with van der Waals surface area (Å²) in [5, 5.41) is 8.99. The summed E-state index contributed by atoms with van der Waals surface area (Å²) in [6, 6.07) is 0. The zero-order valence-corrected chi connectivity index (χ0v) is 12.4. The number of aliphatic carboxylic acids is 1. The molecule has 0 saturated carbocycles. The lowest BCUT2D eigenvalue weighted by Crippen LogP contribution is -2.25. The SMILES string of the molecule is COC(C)(C)c1nc(C)c(CC(C)C(=O)O)c(C)n1. The first kappa shape index (κ1) is 15.6. The number of carbonyl (C=O) groups is 1.